The predicted octanol–water partition coefficient (Wildman–Crippen LogP) is 0.724. The first kappa shape index (κ1) is 41.2. The minimum absolute atomic E-state index is 0.0633. The topological polar surface area (TPSA) is 228 Å². The summed E-state index contributed by atoms with van der Waals surface area (Å²) in [5, 5.41) is 97.2. The number of hydrogen-bond donors (Lipinski definition) is 9. The van der Waals surface area contributed by atoms with Gasteiger partial charge in [0.15, 0.2) is 12.6 Å². The van der Waals surface area contributed by atoms with Crippen LogP contribution in [0, 0.1) is 44.8 Å². The molecule has 0 unspecified atom stereocenters. The van der Waals surface area contributed by atoms with Gasteiger partial charge in [-0.2, -0.15) is 0 Å². The second-order valence-corrected chi connectivity index (χ2v) is 21.1. The zero-order valence-electron chi connectivity index (χ0n) is 33.6. The molecule has 0 aromatic heterocycles. The van der Waals surface area contributed by atoms with Crippen LogP contribution >= 0.6 is 0 Å². The largest absolute Gasteiger partial charge is 0.394 e. The second-order valence-electron chi connectivity index (χ2n) is 21.1. The highest BCUT2D eigenvalue weighted by Gasteiger charge is 2.85. The molecule has 5 aliphatic carbocycles. The van der Waals surface area contributed by atoms with Crippen molar-refractivity contribution in [2.75, 3.05) is 13.2 Å². The first-order valence-electron chi connectivity index (χ1n) is 20.9. The fraction of sp³-hybridized carbons (Fsp3) is 1.00. The molecule has 55 heavy (non-hydrogen) atoms. The highest BCUT2D eigenvalue weighted by molar-refractivity contribution is 5.33. The molecule has 0 aromatic rings. The first-order chi connectivity index (χ1) is 25.5. The lowest BCUT2D eigenvalue weighted by Gasteiger charge is -2.65. The summed E-state index contributed by atoms with van der Waals surface area (Å²) >= 11 is 0. The molecule has 3 aliphatic heterocycles. The Hall–Kier alpha value is -0.560. The molecular formula is C41H68O14. The third-order valence-electron chi connectivity index (χ3n) is 17.6. The third-order valence-corrected chi connectivity index (χ3v) is 17.6. The van der Waals surface area contributed by atoms with E-state index in [1.54, 1.807) is 13.8 Å². The van der Waals surface area contributed by atoms with E-state index in [-0.39, 0.29) is 52.1 Å². The van der Waals surface area contributed by atoms with Crippen LogP contribution in [0.2, 0.25) is 0 Å². The van der Waals surface area contributed by atoms with Gasteiger partial charge in [0.25, 0.3) is 0 Å². The summed E-state index contributed by atoms with van der Waals surface area (Å²) in [6, 6.07) is 0. The molecule has 8 rings (SSSR count). The molecule has 14 nitrogen and oxygen atoms in total. The van der Waals surface area contributed by atoms with Crippen molar-refractivity contribution in [3.8, 4) is 0 Å². The van der Waals surface area contributed by atoms with E-state index < -0.39 is 96.8 Å². The van der Waals surface area contributed by atoms with Crippen LogP contribution in [-0.4, -0.2) is 150 Å². The Morgan fingerprint density at radius 1 is 0.709 bits per heavy atom. The van der Waals surface area contributed by atoms with Crippen molar-refractivity contribution in [1.29, 1.82) is 0 Å². The van der Waals surface area contributed by atoms with Gasteiger partial charge in [-0.25, -0.2) is 0 Å². The van der Waals surface area contributed by atoms with Crippen molar-refractivity contribution in [3.05, 3.63) is 0 Å². The Bertz CT molecular complexity index is 1460. The van der Waals surface area contributed by atoms with Gasteiger partial charge in [0.1, 0.15) is 42.7 Å². The van der Waals surface area contributed by atoms with Crippen LogP contribution in [0.5, 0.6) is 0 Å². The van der Waals surface area contributed by atoms with Crippen LogP contribution < -0.4 is 0 Å². The van der Waals surface area contributed by atoms with Gasteiger partial charge in [-0.15, -0.1) is 0 Å². The maximum Gasteiger partial charge on any atom is 0.186 e. The molecule has 21 atom stereocenters. The van der Waals surface area contributed by atoms with Crippen molar-refractivity contribution in [3.63, 3.8) is 0 Å². The number of hydrogen-bond acceptors (Lipinski definition) is 14. The Balaban J connectivity index is 1.15. The Kier molecular flexibility index (Phi) is 9.90. The summed E-state index contributed by atoms with van der Waals surface area (Å²) in [4.78, 5) is 0. The van der Waals surface area contributed by atoms with Crippen molar-refractivity contribution >= 4 is 0 Å². The SMILES string of the molecule is CC(C)(O)[C@@H]1CC[C@](C)([C@H]2[C@@H](O)C[C@@]3(C)[C@@H]4C[C@H](O[C@@H]5O[C@H](CO)[C@H](O)[C@@H](O)[C@H]5O)[C@H]5C(C)(C)[C@@H](O[C@@H]6OC[C@@H](O)[C@H](O)[C@H]6O)CC[C@@]56C[C@@]46CC[C@]23C)O1. The predicted molar refractivity (Wildman–Crippen MR) is 194 cm³/mol. The lowest BCUT2D eigenvalue weighted by Crippen LogP contribution is -2.65. The molecule has 5 saturated carbocycles. The monoisotopic (exact) mass is 784 g/mol. The molecule has 0 aromatic carbocycles. The minimum Gasteiger partial charge on any atom is -0.394 e. The zero-order valence-corrected chi connectivity index (χ0v) is 33.6. The fourth-order valence-electron chi connectivity index (χ4n) is 14.9. The molecule has 9 N–H and O–H groups in total. The second kappa shape index (κ2) is 13.2. The molecule has 0 radical (unpaired) electrons. The highest BCUT2D eigenvalue weighted by atomic mass is 16.7. The Morgan fingerprint density at radius 3 is 2.05 bits per heavy atom. The summed E-state index contributed by atoms with van der Waals surface area (Å²) in [5.41, 5.74) is -3.16. The molecular weight excluding hydrogens is 716 g/mol. The standard InChI is InChI=1S/C41H68O14/c1-35(2)24(54-33-29(48)26(45)20(44)17-51-33)9-11-41-18-40(41)13-12-37(5)31(39(7)10-8-25(55-39)36(3,4)50)19(43)15-38(37,6)23(40)14-21(32(35)41)52-34-30(49)28(47)27(46)22(16-42)53-34/h19-34,42-50H,8-18H2,1-7H3/t19-,20+,21-,22+,23-,24-,25-,26-,27-,28+,29+,30+,31-,32-,33-,34+,37+,38-,39+,40-,41+/m0/s1. The van der Waals surface area contributed by atoms with Crippen molar-refractivity contribution in [2.45, 2.75) is 197 Å². The van der Waals surface area contributed by atoms with E-state index in [0.717, 1.165) is 32.1 Å². The lowest BCUT2D eigenvalue weighted by molar-refractivity contribution is -0.339. The van der Waals surface area contributed by atoms with Crippen molar-refractivity contribution in [1.82, 2.24) is 0 Å². The molecule has 2 spiro atoms. The highest BCUT2D eigenvalue weighted by Crippen LogP contribution is 2.89. The molecule has 8 aliphatic rings. The van der Waals surface area contributed by atoms with Crippen molar-refractivity contribution in [2.24, 2.45) is 44.8 Å². The maximum atomic E-state index is 12.2. The lowest BCUT2D eigenvalue weighted by atomic mass is 9.41. The number of aliphatic hydroxyl groups excluding tert-OH is 8. The van der Waals surface area contributed by atoms with Crippen molar-refractivity contribution < 1.29 is 69.6 Å². The maximum absolute atomic E-state index is 12.2. The van der Waals surface area contributed by atoms with E-state index in [2.05, 4.69) is 34.6 Å². The van der Waals surface area contributed by atoms with E-state index in [1.165, 1.54) is 0 Å². The molecule has 0 amide bonds. The zero-order chi connectivity index (χ0) is 40.1. The summed E-state index contributed by atoms with van der Waals surface area (Å²) in [6.07, 6.45) is -7.48. The normalized spacial score (nSPS) is 58.7. The van der Waals surface area contributed by atoms with Gasteiger partial charge in [-0.05, 0) is 117 Å². The quantitative estimate of drug-likeness (QED) is 0.162. The van der Waals surface area contributed by atoms with E-state index in [4.69, 9.17) is 23.7 Å². The van der Waals surface area contributed by atoms with Gasteiger partial charge in [0.2, 0.25) is 0 Å². The Morgan fingerprint density at radius 2 is 1.40 bits per heavy atom. The number of ether oxygens (including phenoxy) is 5. The third kappa shape index (κ3) is 5.70. The number of aliphatic hydroxyl groups is 9. The summed E-state index contributed by atoms with van der Waals surface area (Å²) in [7, 11) is 0. The van der Waals surface area contributed by atoms with Gasteiger partial charge in [-0.3, -0.25) is 0 Å². The van der Waals surface area contributed by atoms with E-state index >= 15 is 0 Å². The van der Waals surface area contributed by atoms with Crippen LogP contribution in [0.3, 0.4) is 0 Å². The van der Waals surface area contributed by atoms with E-state index in [0.29, 0.717) is 25.7 Å². The Labute approximate surface area is 324 Å². The molecule has 14 heteroatoms. The van der Waals surface area contributed by atoms with Crippen LogP contribution in [0.25, 0.3) is 0 Å². The van der Waals surface area contributed by atoms with Gasteiger partial charge in [0.05, 0.1) is 48.8 Å². The molecule has 8 fully saturated rings. The minimum atomic E-state index is -1.60. The van der Waals surface area contributed by atoms with Gasteiger partial charge in [-0.1, -0.05) is 27.7 Å². The summed E-state index contributed by atoms with van der Waals surface area (Å²) in [6.45, 7) is 13.8. The molecule has 3 heterocycles. The summed E-state index contributed by atoms with van der Waals surface area (Å²) < 4.78 is 31.9. The fourth-order valence-corrected chi connectivity index (χ4v) is 14.9. The van der Waals surface area contributed by atoms with Crippen LogP contribution in [0.1, 0.15) is 106 Å². The van der Waals surface area contributed by atoms with Crippen LogP contribution in [-0.2, 0) is 23.7 Å². The van der Waals surface area contributed by atoms with Gasteiger partial charge < -0.3 is 69.6 Å². The molecule has 316 valence electrons. The van der Waals surface area contributed by atoms with E-state index in [1.807, 2.05) is 0 Å². The number of fused-ring (bicyclic) bond motifs is 2. The molecule has 3 saturated heterocycles. The number of rotatable bonds is 7. The average molecular weight is 785 g/mol. The first-order valence-corrected chi connectivity index (χ1v) is 20.9. The smallest absolute Gasteiger partial charge is 0.186 e. The van der Waals surface area contributed by atoms with Crippen LogP contribution in [0.15, 0.2) is 0 Å². The van der Waals surface area contributed by atoms with E-state index in [9.17, 15) is 46.0 Å². The average Bonchev–Trinajstić information content (AvgIpc) is 3.47. The van der Waals surface area contributed by atoms with Crippen LogP contribution in [0.4, 0.5) is 0 Å². The molecule has 0 bridgehead atoms. The van der Waals surface area contributed by atoms with Gasteiger partial charge in [0, 0.05) is 5.92 Å². The van der Waals surface area contributed by atoms with Gasteiger partial charge >= 0.3 is 0 Å². The summed E-state index contributed by atoms with van der Waals surface area (Å²) in [5.74, 6) is -0.215.